The van der Waals surface area contributed by atoms with Gasteiger partial charge in [-0.05, 0) is 18.6 Å². The molecule has 0 atom stereocenters. The summed E-state index contributed by atoms with van der Waals surface area (Å²) in [7, 11) is 1.67. The van der Waals surface area contributed by atoms with Crippen LogP contribution >= 0.6 is 0 Å². The van der Waals surface area contributed by atoms with Crippen LogP contribution in [0.1, 0.15) is 16.9 Å². The van der Waals surface area contributed by atoms with Gasteiger partial charge in [0.2, 0.25) is 6.41 Å². The molecule has 1 aromatic heterocycles. The van der Waals surface area contributed by atoms with Crippen LogP contribution in [0.25, 0.3) is 0 Å². The molecular formula is C15H22N4O3. The molecule has 1 aromatic rings. The van der Waals surface area contributed by atoms with Gasteiger partial charge in [-0.15, -0.1) is 0 Å². The molecule has 0 unspecified atom stereocenters. The minimum absolute atomic E-state index is 0.0916. The lowest BCUT2D eigenvalue weighted by Crippen LogP contribution is -2.48. The highest BCUT2D eigenvalue weighted by molar-refractivity contribution is 5.93. The topological polar surface area (TPSA) is 74.8 Å². The summed E-state index contributed by atoms with van der Waals surface area (Å²) in [5, 5.41) is 3.25. The molecule has 22 heavy (non-hydrogen) atoms. The van der Waals surface area contributed by atoms with Crippen molar-refractivity contribution in [2.24, 2.45) is 0 Å². The van der Waals surface area contributed by atoms with E-state index >= 15 is 0 Å². The van der Waals surface area contributed by atoms with Crippen LogP contribution in [0.2, 0.25) is 0 Å². The number of nitrogens with one attached hydrogen (secondary N) is 1. The Morgan fingerprint density at radius 3 is 2.86 bits per heavy atom. The molecule has 2 rings (SSSR count). The number of nitrogens with zero attached hydrogens (tertiary/aromatic N) is 3. The molecule has 0 saturated carbocycles. The maximum atomic E-state index is 12.4. The van der Waals surface area contributed by atoms with E-state index in [1.54, 1.807) is 29.2 Å². The standard InChI is InChI=1S/C15H22N4O3/c1-22-10-2-4-16-13-3-5-17-14(11-13)15(21)19-8-6-18(12-20)7-9-19/h3,5,11-12H,2,4,6-10H2,1H3,(H,16,17). The lowest BCUT2D eigenvalue weighted by Gasteiger charge is -2.32. The Hall–Kier alpha value is -2.15. The van der Waals surface area contributed by atoms with Crippen molar-refractivity contribution in [1.29, 1.82) is 0 Å². The average Bonchev–Trinajstić information content (AvgIpc) is 2.58. The van der Waals surface area contributed by atoms with Crippen molar-refractivity contribution in [1.82, 2.24) is 14.8 Å². The summed E-state index contributed by atoms with van der Waals surface area (Å²) in [5.74, 6) is -0.0916. The minimum Gasteiger partial charge on any atom is -0.385 e. The summed E-state index contributed by atoms with van der Waals surface area (Å²) in [6.45, 7) is 3.72. The van der Waals surface area contributed by atoms with Crippen LogP contribution in [0.4, 0.5) is 5.69 Å². The van der Waals surface area contributed by atoms with Crippen molar-refractivity contribution < 1.29 is 14.3 Å². The first-order chi connectivity index (χ1) is 10.7. The summed E-state index contributed by atoms with van der Waals surface area (Å²) in [6, 6.07) is 3.61. The average molecular weight is 306 g/mol. The van der Waals surface area contributed by atoms with Gasteiger partial charge in [-0.3, -0.25) is 14.6 Å². The fourth-order valence-electron chi connectivity index (χ4n) is 2.30. The number of carbonyl (C=O) groups is 2. The van der Waals surface area contributed by atoms with E-state index in [9.17, 15) is 9.59 Å². The van der Waals surface area contributed by atoms with Gasteiger partial charge in [-0.2, -0.15) is 0 Å². The number of hydrogen-bond acceptors (Lipinski definition) is 5. The van der Waals surface area contributed by atoms with Crippen molar-refractivity contribution in [2.45, 2.75) is 6.42 Å². The normalized spacial score (nSPS) is 14.8. The molecule has 0 radical (unpaired) electrons. The lowest BCUT2D eigenvalue weighted by atomic mass is 10.2. The third-order valence-electron chi connectivity index (χ3n) is 3.58. The summed E-state index contributed by atoms with van der Waals surface area (Å²) in [4.78, 5) is 30.7. The largest absolute Gasteiger partial charge is 0.385 e. The van der Waals surface area contributed by atoms with E-state index in [0.29, 0.717) is 38.5 Å². The number of piperazine rings is 1. The quantitative estimate of drug-likeness (QED) is 0.584. The second-order valence-electron chi connectivity index (χ2n) is 5.14. The molecule has 1 fully saturated rings. The van der Waals surface area contributed by atoms with Crippen LogP contribution in [-0.2, 0) is 9.53 Å². The van der Waals surface area contributed by atoms with Gasteiger partial charge in [0.15, 0.2) is 0 Å². The predicted octanol–water partition coefficient (Wildman–Crippen LogP) is 0.444. The molecule has 2 amide bonds. The van der Waals surface area contributed by atoms with E-state index < -0.39 is 0 Å². The van der Waals surface area contributed by atoms with Crippen molar-refractivity contribution in [3.8, 4) is 0 Å². The van der Waals surface area contributed by atoms with Crippen molar-refractivity contribution in [3.63, 3.8) is 0 Å². The molecule has 0 spiro atoms. The zero-order valence-electron chi connectivity index (χ0n) is 12.8. The Morgan fingerprint density at radius 2 is 2.18 bits per heavy atom. The molecule has 0 bridgehead atoms. The monoisotopic (exact) mass is 306 g/mol. The number of carbonyl (C=O) groups excluding carboxylic acids is 2. The number of anilines is 1. The van der Waals surface area contributed by atoms with E-state index in [1.165, 1.54) is 0 Å². The fraction of sp³-hybridized carbons (Fsp3) is 0.533. The maximum Gasteiger partial charge on any atom is 0.272 e. The Balaban J connectivity index is 1.91. The van der Waals surface area contributed by atoms with Crippen LogP contribution in [-0.4, -0.2) is 73.5 Å². The molecule has 7 heteroatoms. The van der Waals surface area contributed by atoms with Crippen LogP contribution in [0.3, 0.4) is 0 Å². The van der Waals surface area contributed by atoms with Gasteiger partial charge in [-0.1, -0.05) is 0 Å². The van der Waals surface area contributed by atoms with Gasteiger partial charge < -0.3 is 19.9 Å². The second-order valence-corrected chi connectivity index (χ2v) is 5.14. The first-order valence-corrected chi connectivity index (χ1v) is 7.42. The third kappa shape index (κ3) is 4.42. The van der Waals surface area contributed by atoms with Crippen LogP contribution < -0.4 is 5.32 Å². The number of rotatable bonds is 7. The highest BCUT2D eigenvalue weighted by Crippen LogP contribution is 2.11. The molecule has 2 heterocycles. The van der Waals surface area contributed by atoms with Crippen molar-refractivity contribution in [3.05, 3.63) is 24.0 Å². The minimum atomic E-state index is -0.0916. The summed E-state index contributed by atoms with van der Waals surface area (Å²) >= 11 is 0. The van der Waals surface area contributed by atoms with Crippen molar-refractivity contribution in [2.75, 3.05) is 51.8 Å². The lowest BCUT2D eigenvalue weighted by molar-refractivity contribution is -0.119. The summed E-state index contributed by atoms with van der Waals surface area (Å²) in [5.41, 5.74) is 1.30. The smallest absolute Gasteiger partial charge is 0.272 e. The number of hydrogen-bond donors (Lipinski definition) is 1. The first-order valence-electron chi connectivity index (χ1n) is 7.42. The first kappa shape index (κ1) is 16.2. The number of aromatic nitrogens is 1. The molecule has 1 aliphatic rings. The van der Waals surface area contributed by atoms with E-state index in [2.05, 4.69) is 10.3 Å². The van der Waals surface area contributed by atoms with E-state index in [4.69, 9.17) is 4.74 Å². The molecule has 1 aliphatic heterocycles. The Kier molecular flexibility index (Phi) is 6.14. The number of ether oxygens (including phenoxy) is 1. The van der Waals surface area contributed by atoms with E-state index in [0.717, 1.165) is 25.1 Å². The Bertz CT molecular complexity index is 501. The van der Waals surface area contributed by atoms with E-state index in [1.807, 2.05) is 6.07 Å². The highest BCUT2D eigenvalue weighted by atomic mass is 16.5. The number of amides is 2. The molecule has 0 aromatic carbocycles. The Morgan fingerprint density at radius 1 is 1.41 bits per heavy atom. The Labute approximate surface area is 130 Å². The summed E-state index contributed by atoms with van der Waals surface area (Å²) in [6.07, 6.45) is 3.36. The van der Waals surface area contributed by atoms with Crippen LogP contribution in [0, 0.1) is 0 Å². The molecule has 120 valence electrons. The predicted molar refractivity (Wildman–Crippen MR) is 82.8 cm³/mol. The molecule has 0 aliphatic carbocycles. The van der Waals surface area contributed by atoms with Gasteiger partial charge in [0.05, 0.1) is 0 Å². The number of pyridine rings is 1. The zero-order valence-corrected chi connectivity index (χ0v) is 12.8. The zero-order chi connectivity index (χ0) is 15.8. The van der Waals surface area contributed by atoms with Crippen molar-refractivity contribution >= 4 is 18.0 Å². The van der Waals surface area contributed by atoms with E-state index in [-0.39, 0.29) is 5.91 Å². The van der Waals surface area contributed by atoms with Crippen LogP contribution in [0.5, 0.6) is 0 Å². The number of methoxy groups -OCH3 is 1. The third-order valence-corrected chi connectivity index (χ3v) is 3.58. The van der Waals surface area contributed by atoms with Gasteiger partial charge in [-0.25, -0.2) is 0 Å². The van der Waals surface area contributed by atoms with Gasteiger partial charge >= 0.3 is 0 Å². The SMILES string of the molecule is COCCCNc1ccnc(C(=O)N2CCN(C=O)CC2)c1. The second kappa shape index (κ2) is 8.33. The summed E-state index contributed by atoms with van der Waals surface area (Å²) < 4.78 is 5.00. The van der Waals surface area contributed by atoms with Gasteiger partial charge in [0, 0.05) is 58.3 Å². The fourth-order valence-corrected chi connectivity index (χ4v) is 2.30. The van der Waals surface area contributed by atoms with Gasteiger partial charge in [0.25, 0.3) is 5.91 Å². The maximum absolute atomic E-state index is 12.4. The molecule has 1 N–H and O–H groups in total. The molecular weight excluding hydrogens is 284 g/mol. The molecule has 1 saturated heterocycles. The van der Waals surface area contributed by atoms with Crippen LogP contribution in [0.15, 0.2) is 18.3 Å². The molecule has 7 nitrogen and oxygen atoms in total. The van der Waals surface area contributed by atoms with Gasteiger partial charge in [0.1, 0.15) is 5.69 Å². The highest BCUT2D eigenvalue weighted by Gasteiger charge is 2.22.